The SMILES string of the molecule is CC1CN(C(=O)C2CC3C=CC2C3)c2ccccc2CN1. The molecule has 4 rings (SSSR count). The van der Waals surface area contributed by atoms with Crippen LogP contribution in [0.2, 0.25) is 0 Å². The Bertz CT molecular complexity index is 595. The van der Waals surface area contributed by atoms with Crippen LogP contribution < -0.4 is 10.2 Å². The van der Waals surface area contributed by atoms with Crippen LogP contribution in [0.15, 0.2) is 36.4 Å². The average molecular weight is 282 g/mol. The average Bonchev–Trinajstić information content (AvgIpc) is 3.09. The summed E-state index contributed by atoms with van der Waals surface area (Å²) in [6.07, 6.45) is 6.79. The van der Waals surface area contributed by atoms with Crippen LogP contribution in [0.1, 0.15) is 25.3 Å². The topological polar surface area (TPSA) is 32.3 Å². The summed E-state index contributed by atoms with van der Waals surface area (Å²) in [5.41, 5.74) is 2.33. The highest BCUT2D eigenvalue weighted by Crippen LogP contribution is 2.44. The van der Waals surface area contributed by atoms with Crippen molar-refractivity contribution in [2.24, 2.45) is 17.8 Å². The molecule has 1 heterocycles. The normalized spacial score (nSPS) is 33.9. The number of para-hydroxylation sites is 1. The van der Waals surface area contributed by atoms with Crippen LogP contribution in [-0.4, -0.2) is 18.5 Å². The van der Waals surface area contributed by atoms with Crippen LogP contribution in [-0.2, 0) is 11.3 Å². The molecule has 1 aliphatic heterocycles. The Morgan fingerprint density at radius 1 is 1.24 bits per heavy atom. The van der Waals surface area contributed by atoms with E-state index >= 15 is 0 Å². The minimum Gasteiger partial charge on any atom is -0.310 e. The fraction of sp³-hybridized carbons (Fsp3) is 0.500. The Morgan fingerprint density at radius 3 is 2.86 bits per heavy atom. The fourth-order valence-electron chi connectivity index (χ4n) is 4.12. The van der Waals surface area contributed by atoms with Gasteiger partial charge in [-0.25, -0.2) is 0 Å². The minimum atomic E-state index is 0.193. The first-order chi connectivity index (χ1) is 10.2. The van der Waals surface area contributed by atoms with E-state index in [-0.39, 0.29) is 5.92 Å². The number of rotatable bonds is 1. The molecule has 1 aromatic rings. The monoisotopic (exact) mass is 282 g/mol. The summed E-state index contributed by atoms with van der Waals surface area (Å²) in [5.74, 6) is 1.64. The van der Waals surface area contributed by atoms with Crippen LogP contribution in [0.3, 0.4) is 0 Å². The van der Waals surface area contributed by atoms with Gasteiger partial charge < -0.3 is 10.2 Å². The number of amides is 1. The van der Waals surface area contributed by atoms with Crippen LogP contribution in [0.25, 0.3) is 0 Å². The van der Waals surface area contributed by atoms with Crippen molar-refractivity contribution in [3.05, 3.63) is 42.0 Å². The molecule has 3 heteroatoms. The fourth-order valence-corrected chi connectivity index (χ4v) is 4.12. The zero-order valence-electron chi connectivity index (χ0n) is 12.5. The van der Waals surface area contributed by atoms with Crippen molar-refractivity contribution in [3.8, 4) is 0 Å². The molecule has 0 radical (unpaired) electrons. The number of nitrogens with zero attached hydrogens (tertiary/aromatic N) is 1. The van der Waals surface area contributed by atoms with Gasteiger partial charge >= 0.3 is 0 Å². The second-order valence-electron chi connectivity index (χ2n) is 6.75. The number of hydrogen-bond donors (Lipinski definition) is 1. The van der Waals surface area contributed by atoms with Crippen molar-refractivity contribution in [1.29, 1.82) is 0 Å². The molecule has 2 bridgehead atoms. The van der Waals surface area contributed by atoms with Gasteiger partial charge in [-0.05, 0) is 43.2 Å². The predicted molar refractivity (Wildman–Crippen MR) is 83.9 cm³/mol. The summed E-state index contributed by atoms with van der Waals surface area (Å²) >= 11 is 0. The highest BCUT2D eigenvalue weighted by molar-refractivity contribution is 5.96. The lowest BCUT2D eigenvalue weighted by molar-refractivity contribution is -0.123. The molecule has 0 spiro atoms. The summed E-state index contributed by atoms with van der Waals surface area (Å²) in [6.45, 7) is 3.78. The maximum absolute atomic E-state index is 13.1. The molecular weight excluding hydrogens is 260 g/mol. The van der Waals surface area contributed by atoms with Crippen LogP contribution in [0.5, 0.6) is 0 Å². The number of fused-ring (bicyclic) bond motifs is 3. The molecule has 3 nitrogen and oxygen atoms in total. The molecule has 2 aliphatic carbocycles. The zero-order chi connectivity index (χ0) is 14.4. The molecule has 3 aliphatic rings. The van der Waals surface area contributed by atoms with E-state index in [2.05, 4.69) is 42.6 Å². The van der Waals surface area contributed by atoms with Crippen LogP contribution >= 0.6 is 0 Å². The van der Waals surface area contributed by atoms with Gasteiger partial charge in [0, 0.05) is 30.7 Å². The van der Waals surface area contributed by atoms with Gasteiger partial charge in [-0.15, -0.1) is 0 Å². The predicted octanol–water partition coefficient (Wildman–Crippen LogP) is 2.72. The number of benzene rings is 1. The smallest absolute Gasteiger partial charge is 0.230 e. The lowest BCUT2D eigenvalue weighted by Gasteiger charge is -2.29. The number of nitrogens with one attached hydrogen (secondary N) is 1. The molecule has 4 unspecified atom stereocenters. The highest BCUT2D eigenvalue weighted by Gasteiger charge is 2.42. The number of anilines is 1. The van der Waals surface area contributed by atoms with E-state index in [9.17, 15) is 4.79 Å². The largest absolute Gasteiger partial charge is 0.310 e. The molecular formula is C18H22N2O. The molecule has 0 saturated heterocycles. The van der Waals surface area contributed by atoms with Crippen molar-refractivity contribution < 1.29 is 4.79 Å². The van der Waals surface area contributed by atoms with Gasteiger partial charge in [0.25, 0.3) is 0 Å². The number of carbonyl (C=O) groups is 1. The second-order valence-corrected chi connectivity index (χ2v) is 6.75. The van der Waals surface area contributed by atoms with Crippen molar-refractivity contribution in [2.75, 3.05) is 11.4 Å². The summed E-state index contributed by atoms with van der Waals surface area (Å²) in [5, 5.41) is 3.50. The molecule has 1 N–H and O–H groups in total. The molecule has 110 valence electrons. The minimum absolute atomic E-state index is 0.193. The van der Waals surface area contributed by atoms with Crippen molar-refractivity contribution >= 4 is 11.6 Å². The number of allylic oxidation sites excluding steroid dienone is 2. The molecule has 0 aromatic heterocycles. The van der Waals surface area contributed by atoms with E-state index in [0.29, 0.717) is 23.8 Å². The van der Waals surface area contributed by atoms with E-state index in [1.54, 1.807) is 0 Å². The standard InChI is InChI=1S/C18H22N2O/c1-12-11-20(17-5-3-2-4-15(17)10-19-12)18(21)16-9-13-6-7-14(16)8-13/h2-7,12-14,16,19H,8-11H2,1H3. The molecule has 4 atom stereocenters. The van der Waals surface area contributed by atoms with Gasteiger partial charge in [0.15, 0.2) is 0 Å². The summed E-state index contributed by atoms with van der Waals surface area (Å²) in [7, 11) is 0. The van der Waals surface area contributed by atoms with E-state index in [4.69, 9.17) is 0 Å². The van der Waals surface area contributed by atoms with Crippen LogP contribution in [0, 0.1) is 17.8 Å². The molecule has 1 amide bonds. The van der Waals surface area contributed by atoms with Crippen LogP contribution in [0.4, 0.5) is 5.69 Å². The highest BCUT2D eigenvalue weighted by atomic mass is 16.2. The second kappa shape index (κ2) is 4.99. The number of carbonyl (C=O) groups excluding carboxylic acids is 1. The van der Waals surface area contributed by atoms with Gasteiger partial charge in [-0.1, -0.05) is 30.4 Å². The Hall–Kier alpha value is -1.61. The van der Waals surface area contributed by atoms with Gasteiger partial charge in [0.05, 0.1) is 0 Å². The van der Waals surface area contributed by atoms with Crippen molar-refractivity contribution in [1.82, 2.24) is 5.32 Å². The Labute approximate surface area is 126 Å². The maximum Gasteiger partial charge on any atom is 0.230 e. The molecule has 1 fully saturated rings. The third-order valence-corrected chi connectivity index (χ3v) is 5.24. The van der Waals surface area contributed by atoms with Crippen molar-refractivity contribution in [3.63, 3.8) is 0 Å². The zero-order valence-corrected chi connectivity index (χ0v) is 12.5. The lowest BCUT2D eigenvalue weighted by Crippen LogP contribution is -2.43. The first-order valence-electron chi connectivity index (χ1n) is 8.03. The first kappa shape index (κ1) is 13.1. The third kappa shape index (κ3) is 2.20. The first-order valence-corrected chi connectivity index (χ1v) is 8.03. The van der Waals surface area contributed by atoms with Gasteiger partial charge in [-0.2, -0.15) is 0 Å². The summed E-state index contributed by atoms with van der Waals surface area (Å²) in [4.78, 5) is 15.2. The van der Waals surface area contributed by atoms with E-state index in [0.717, 1.165) is 25.2 Å². The quantitative estimate of drug-likeness (QED) is 0.803. The molecule has 1 aromatic carbocycles. The third-order valence-electron chi connectivity index (χ3n) is 5.24. The van der Waals surface area contributed by atoms with E-state index in [1.807, 2.05) is 11.0 Å². The maximum atomic E-state index is 13.1. The van der Waals surface area contributed by atoms with Crippen molar-refractivity contribution in [2.45, 2.75) is 32.4 Å². The molecule has 21 heavy (non-hydrogen) atoms. The summed E-state index contributed by atoms with van der Waals surface area (Å²) in [6, 6.07) is 8.64. The summed E-state index contributed by atoms with van der Waals surface area (Å²) < 4.78 is 0. The Morgan fingerprint density at radius 2 is 2.10 bits per heavy atom. The van der Waals surface area contributed by atoms with E-state index < -0.39 is 0 Å². The number of hydrogen-bond acceptors (Lipinski definition) is 2. The van der Waals surface area contributed by atoms with E-state index in [1.165, 1.54) is 12.0 Å². The van der Waals surface area contributed by atoms with Gasteiger partial charge in [0.1, 0.15) is 0 Å². The van der Waals surface area contributed by atoms with Gasteiger partial charge in [-0.3, -0.25) is 4.79 Å². The Balaban J connectivity index is 1.66. The Kier molecular flexibility index (Phi) is 3.11. The lowest BCUT2D eigenvalue weighted by atomic mass is 9.91. The molecule has 1 saturated carbocycles. The van der Waals surface area contributed by atoms with Gasteiger partial charge in [0.2, 0.25) is 5.91 Å².